The van der Waals surface area contributed by atoms with Crippen molar-refractivity contribution in [2.24, 2.45) is 0 Å². The minimum atomic E-state index is -3.35. The highest BCUT2D eigenvalue weighted by atomic mass is 32.2. The molecule has 0 fully saturated rings. The van der Waals surface area contributed by atoms with Crippen LogP contribution in [0, 0.1) is 0 Å². The maximum atomic E-state index is 12.3. The van der Waals surface area contributed by atoms with E-state index in [2.05, 4.69) is 12.2 Å². The number of likely N-dealkylation sites (N-methyl/N-ethyl adjacent to an activating group) is 1. The Morgan fingerprint density at radius 1 is 1.25 bits per heavy atom. The fourth-order valence-corrected chi connectivity index (χ4v) is 3.50. The van der Waals surface area contributed by atoms with Crippen LogP contribution in [-0.2, 0) is 16.4 Å². The molecule has 6 heteroatoms. The molecule has 1 aromatic carbocycles. The zero-order chi connectivity index (χ0) is 15.0. The lowest BCUT2D eigenvalue weighted by Crippen LogP contribution is -2.29. The Labute approximate surface area is 127 Å². The van der Waals surface area contributed by atoms with Gasteiger partial charge in [-0.25, -0.2) is 12.7 Å². The van der Waals surface area contributed by atoms with Crippen LogP contribution in [0.15, 0.2) is 29.2 Å². The number of nitrogens with one attached hydrogen (secondary N) is 1. The van der Waals surface area contributed by atoms with Crippen molar-refractivity contribution in [2.45, 2.75) is 18.2 Å². The first-order valence-electron chi connectivity index (χ1n) is 6.77. The lowest BCUT2D eigenvalue weighted by molar-refractivity contribution is 0.488. The van der Waals surface area contributed by atoms with Crippen molar-refractivity contribution in [3.05, 3.63) is 29.8 Å². The van der Waals surface area contributed by atoms with E-state index in [1.807, 2.05) is 18.4 Å². The van der Waals surface area contributed by atoms with Gasteiger partial charge >= 0.3 is 0 Å². The molecular formula is C14H24N2O2S2. The SMILES string of the molecule is CCNCCc1ccc(S(=O)(=O)N(C)CCSC)cc1. The number of benzene rings is 1. The second-order valence-corrected chi connectivity index (χ2v) is 7.60. The van der Waals surface area contributed by atoms with E-state index in [4.69, 9.17) is 0 Å². The summed E-state index contributed by atoms with van der Waals surface area (Å²) in [6.07, 6.45) is 2.88. The molecule has 0 heterocycles. The molecule has 0 atom stereocenters. The molecule has 0 saturated carbocycles. The van der Waals surface area contributed by atoms with Gasteiger partial charge in [0.15, 0.2) is 0 Å². The summed E-state index contributed by atoms with van der Waals surface area (Å²) in [6, 6.07) is 7.19. The maximum absolute atomic E-state index is 12.3. The second kappa shape index (κ2) is 8.67. The summed E-state index contributed by atoms with van der Waals surface area (Å²) < 4.78 is 26.0. The van der Waals surface area contributed by atoms with Gasteiger partial charge in [0.1, 0.15) is 0 Å². The van der Waals surface area contributed by atoms with Crippen molar-refractivity contribution < 1.29 is 8.42 Å². The second-order valence-electron chi connectivity index (χ2n) is 4.57. The van der Waals surface area contributed by atoms with Crippen molar-refractivity contribution in [3.8, 4) is 0 Å². The van der Waals surface area contributed by atoms with Gasteiger partial charge in [-0.1, -0.05) is 19.1 Å². The Balaban J connectivity index is 2.71. The number of sulfonamides is 1. The van der Waals surface area contributed by atoms with Crippen molar-refractivity contribution >= 4 is 21.8 Å². The molecular weight excluding hydrogens is 292 g/mol. The van der Waals surface area contributed by atoms with Crippen molar-refractivity contribution in [1.29, 1.82) is 0 Å². The fraction of sp³-hybridized carbons (Fsp3) is 0.571. The van der Waals surface area contributed by atoms with E-state index in [0.717, 1.165) is 30.8 Å². The third kappa shape index (κ3) is 5.09. The van der Waals surface area contributed by atoms with E-state index in [9.17, 15) is 8.42 Å². The van der Waals surface area contributed by atoms with Crippen molar-refractivity contribution in [3.63, 3.8) is 0 Å². The normalized spacial score (nSPS) is 12.0. The highest BCUT2D eigenvalue weighted by molar-refractivity contribution is 7.98. The van der Waals surface area contributed by atoms with Crippen LogP contribution >= 0.6 is 11.8 Å². The van der Waals surface area contributed by atoms with Crippen LogP contribution in [0.3, 0.4) is 0 Å². The van der Waals surface area contributed by atoms with E-state index in [-0.39, 0.29) is 0 Å². The summed E-state index contributed by atoms with van der Waals surface area (Å²) in [7, 11) is -1.72. The molecule has 0 amide bonds. The molecule has 0 aliphatic heterocycles. The molecule has 0 radical (unpaired) electrons. The predicted octanol–water partition coefficient (Wildman–Crippen LogP) is 1.82. The molecule has 0 aliphatic rings. The van der Waals surface area contributed by atoms with E-state index >= 15 is 0 Å². The highest BCUT2D eigenvalue weighted by Crippen LogP contribution is 2.15. The standard InChI is InChI=1S/C14H24N2O2S2/c1-4-15-10-9-13-5-7-14(8-6-13)20(17,18)16(2)11-12-19-3/h5-8,15H,4,9-12H2,1-3H3. The van der Waals surface area contributed by atoms with Gasteiger partial charge < -0.3 is 5.32 Å². The van der Waals surface area contributed by atoms with Crippen LogP contribution in [0.2, 0.25) is 0 Å². The van der Waals surface area contributed by atoms with Crippen molar-refractivity contribution in [2.75, 3.05) is 38.7 Å². The van der Waals surface area contributed by atoms with E-state index < -0.39 is 10.0 Å². The molecule has 0 bridgehead atoms. The molecule has 4 nitrogen and oxygen atoms in total. The summed E-state index contributed by atoms with van der Waals surface area (Å²) in [4.78, 5) is 0.369. The van der Waals surface area contributed by atoms with Gasteiger partial charge in [-0.3, -0.25) is 0 Å². The lowest BCUT2D eigenvalue weighted by Gasteiger charge is -2.16. The molecule has 1 N–H and O–H groups in total. The fourth-order valence-electron chi connectivity index (χ4n) is 1.76. The predicted molar refractivity (Wildman–Crippen MR) is 86.9 cm³/mol. The van der Waals surface area contributed by atoms with Crippen LogP contribution in [0.5, 0.6) is 0 Å². The first-order valence-corrected chi connectivity index (χ1v) is 9.60. The van der Waals surface area contributed by atoms with Gasteiger partial charge in [-0.15, -0.1) is 0 Å². The molecule has 0 saturated heterocycles. The highest BCUT2D eigenvalue weighted by Gasteiger charge is 2.19. The number of thioether (sulfide) groups is 1. The largest absolute Gasteiger partial charge is 0.317 e. The summed E-state index contributed by atoms with van der Waals surface area (Å²) in [5.41, 5.74) is 1.15. The topological polar surface area (TPSA) is 49.4 Å². The van der Waals surface area contributed by atoms with E-state index in [0.29, 0.717) is 11.4 Å². The summed E-state index contributed by atoms with van der Waals surface area (Å²) in [6.45, 7) is 4.47. The van der Waals surface area contributed by atoms with Crippen LogP contribution in [0.25, 0.3) is 0 Å². The Morgan fingerprint density at radius 3 is 2.45 bits per heavy atom. The molecule has 0 aromatic heterocycles. The number of hydrogen-bond acceptors (Lipinski definition) is 4. The zero-order valence-electron chi connectivity index (χ0n) is 12.4. The first-order chi connectivity index (χ1) is 9.52. The molecule has 1 rings (SSSR count). The molecule has 114 valence electrons. The minimum absolute atomic E-state index is 0.369. The summed E-state index contributed by atoms with van der Waals surface area (Å²) in [5.74, 6) is 0.802. The van der Waals surface area contributed by atoms with Crippen molar-refractivity contribution in [1.82, 2.24) is 9.62 Å². The van der Waals surface area contributed by atoms with Crippen LogP contribution in [0.4, 0.5) is 0 Å². The van der Waals surface area contributed by atoms with Crippen LogP contribution in [0.1, 0.15) is 12.5 Å². The third-order valence-electron chi connectivity index (χ3n) is 3.08. The van der Waals surface area contributed by atoms with Gasteiger partial charge in [-0.2, -0.15) is 11.8 Å². The average molecular weight is 316 g/mol. The molecule has 0 spiro atoms. The minimum Gasteiger partial charge on any atom is -0.317 e. The average Bonchev–Trinajstić information content (AvgIpc) is 2.45. The molecule has 1 aromatic rings. The van der Waals surface area contributed by atoms with Crippen LogP contribution in [-0.4, -0.2) is 51.4 Å². The molecule has 0 aliphatic carbocycles. The number of nitrogens with zero attached hydrogens (tertiary/aromatic N) is 1. The monoisotopic (exact) mass is 316 g/mol. The Morgan fingerprint density at radius 2 is 1.90 bits per heavy atom. The quantitative estimate of drug-likeness (QED) is 0.706. The van der Waals surface area contributed by atoms with Gasteiger partial charge in [0.05, 0.1) is 4.90 Å². The number of hydrogen-bond donors (Lipinski definition) is 1. The van der Waals surface area contributed by atoms with E-state index in [1.165, 1.54) is 4.31 Å². The Hall–Kier alpha value is -0.560. The number of rotatable bonds is 9. The van der Waals surface area contributed by atoms with Gasteiger partial charge in [0.2, 0.25) is 10.0 Å². The summed E-state index contributed by atoms with van der Waals surface area (Å²) in [5, 5.41) is 3.25. The third-order valence-corrected chi connectivity index (χ3v) is 5.54. The van der Waals surface area contributed by atoms with Gasteiger partial charge in [0.25, 0.3) is 0 Å². The maximum Gasteiger partial charge on any atom is 0.242 e. The molecule has 20 heavy (non-hydrogen) atoms. The van der Waals surface area contributed by atoms with Gasteiger partial charge in [-0.05, 0) is 43.5 Å². The smallest absolute Gasteiger partial charge is 0.242 e. The first kappa shape index (κ1) is 17.5. The van der Waals surface area contributed by atoms with Crippen LogP contribution < -0.4 is 5.32 Å². The zero-order valence-corrected chi connectivity index (χ0v) is 14.1. The van der Waals surface area contributed by atoms with E-state index in [1.54, 1.807) is 30.9 Å². The molecule has 0 unspecified atom stereocenters. The van der Waals surface area contributed by atoms with Gasteiger partial charge in [0, 0.05) is 19.3 Å². The lowest BCUT2D eigenvalue weighted by atomic mass is 10.1. The Bertz CT molecular complexity index is 486. The Kier molecular flexibility index (Phi) is 7.58. The summed E-state index contributed by atoms with van der Waals surface area (Å²) >= 11 is 1.64.